The average molecular weight is 406 g/mol. The fraction of sp³-hybridized carbons (Fsp3) is 0.0870. The molecule has 1 aromatic heterocycles. The molecule has 3 aromatic carbocycles. The number of halogens is 2. The third-order valence-electron chi connectivity index (χ3n) is 5.09. The summed E-state index contributed by atoms with van der Waals surface area (Å²) in [5.74, 6) is 0.801. The minimum absolute atomic E-state index is 0.0929. The van der Waals surface area contributed by atoms with Crippen molar-refractivity contribution >= 4 is 45.9 Å². The van der Waals surface area contributed by atoms with Gasteiger partial charge in [0.15, 0.2) is 0 Å². The summed E-state index contributed by atoms with van der Waals surface area (Å²) in [5.41, 5.74) is 6.34. The van der Waals surface area contributed by atoms with Crippen molar-refractivity contribution in [1.82, 2.24) is 9.55 Å². The second kappa shape index (κ2) is 6.69. The predicted octanol–water partition coefficient (Wildman–Crippen LogP) is 6.71. The molecule has 4 aromatic rings. The lowest BCUT2D eigenvalue weighted by Gasteiger charge is -2.27. The lowest BCUT2D eigenvalue weighted by atomic mass is 10.0. The third-order valence-corrected chi connectivity index (χ3v) is 5.65. The van der Waals surface area contributed by atoms with Crippen LogP contribution in [0.2, 0.25) is 10.0 Å². The van der Waals surface area contributed by atoms with E-state index < -0.39 is 0 Å². The number of hydrogen-bond donors (Lipinski definition) is 1. The number of allylic oxidation sites excluding steroid dienone is 1. The monoisotopic (exact) mass is 405 g/mol. The normalized spacial score (nSPS) is 15.8. The van der Waals surface area contributed by atoms with Crippen molar-refractivity contribution in [3.8, 4) is 0 Å². The highest BCUT2D eigenvalue weighted by Crippen LogP contribution is 2.39. The van der Waals surface area contributed by atoms with E-state index in [9.17, 15) is 0 Å². The molecule has 2 heterocycles. The molecule has 3 nitrogen and oxygen atoms in total. The summed E-state index contributed by atoms with van der Waals surface area (Å²) in [6.07, 6.45) is 2.20. The van der Waals surface area contributed by atoms with Crippen LogP contribution in [0.3, 0.4) is 0 Å². The molecule has 0 saturated carbocycles. The van der Waals surface area contributed by atoms with Crippen LogP contribution in [0, 0.1) is 6.92 Å². The van der Waals surface area contributed by atoms with E-state index >= 15 is 0 Å². The van der Waals surface area contributed by atoms with Gasteiger partial charge in [-0.2, -0.15) is 0 Å². The maximum absolute atomic E-state index is 6.59. The fourth-order valence-electron chi connectivity index (χ4n) is 3.68. The van der Waals surface area contributed by atoms with Gasteiger partial charge < -0.3 is 5.32 Å². The lowest BCUT2D eigenvalue weighted by molar-refractivity contribution is 0.720. The Kier molecular flexibility index (Phi) is 4.15. The summed E-state index contributed by atoms with van der Waals surface area (Å²) in [6, 6.07) is 22.1. The number of aromatic nitrogens is 2. The minimum Gasteiger partial charge on any atom is -0.325 e. The number of fused-ring (bicyclic) bond motifs is 3. The highest BCUT2D eigenvalue weighted by atomic mass is 35.5. The molecule has 0 spiro atoms. The van der Waals surface area contributed by atoms with Crippen LogP contribution in [-0.2, 0) is 0 Å². The Hall–Kier alpha value is -2.75. The topological polar surface area (TPSA) is 29.9 Å². The van der Waals surface area contributed by atoms with E-state index in [1.54, 1.807) is 6.07 Å². The van der Waals surface area contributed by atoms with Crippen molar-refractivity contribution in [2.24, 2.45) is 0 Å². The number of rotatable bonds is 2. The molecule has 0 fully saturated rings. The molecule has 5 heteroatoms. The van der Waals surface area contributed by atoms with Gasteiger partial charge in [-0.05, 0) is 48.4 Å². The van der Waals surface area contributed by atoms with Gasteiger partial charge >= 0.3 is 0 Å². The number of nitrogens with one attached hydrogen (secondary N) is 1. The zero-order valence-corrected chi connectivity index (χ0v) is 16.7. The maximum atomic E-state index is 6.59. The Morgan fingerprint density at radius 3 is 2.54 bits per heavy atom. The van der Waals surface area contributed by atoms with Crippen molar-refractivity contribution in [2.45, 2.75) is 13.0 Å². The highest BCUT2D eigenvalue weighted by molar-refractivity contribution is 6.35. The average Bonchev–Trinajstić information content (AvgIpc) is 3.06. The van der Waals surface area contributed by atoms with E-state index in [4.69, 9.17) is 28.2 Å². The molecule has 28 heavy (non-hydrogen) atoms. The molecular weight excluding hydrogens is 389 g/mol. The molecule has 1 atom stereocenters. The van der Waals surface area contributed by atoms with Crippen LogP contribution >= 0.6 is 23.2 Å². The summed E-state index contributed by atoms with van der Waals surface area (Å²) in [6.45, 7) is 2.09. The number of benzene rings is 3. The van der Waals surface area contributed by atoms with Crippen LogP contribution in [0.4, 0.5) is 5.95 Å². The molecule has 0 saturated heterocycles. The number of anilines is 1. The van der Waals surface area contributed by atoms with E-state index in [0.717, 1.165) is 33.8 Å². The summed E-state index contributed by atoms with van der Waals surface area (Å²) in [7, 11) is 0. The third kappa shape index (κ3) is 2.88. The second-order valence-corrected chi connectivity index (χ2v) is 7.82. The van der Waals surface area contributed by atoms with Crippen LogP contribution in [0.1, 0.15) is 22.7 Å². The Morgan fingerprint density at radius 2 is 1.75 bits per heavy atom. The molecule has 0 amide bonds. The summed E-state index contributed by atoms with van der Waals surface area (Å²) in [4.78, 5) is 4.81. The van der Waals surface area contributed by atoms with Crippen LogP contribution in [0.15, 0.2) is 72.8 Å². The van der Waals surface area contributed by atoms with Gasteiger partial charge in [0.25, 0.3) is 0 Å². The van der Waals surface area contributed by atoms with Gasteiger partial charge in [-0.3, -0.25) is 4.57 Å². The standard InChI is InChI=1S/C23H17Cl2N3/c1-14-6-8-15(9-7-14)20-13-22(17-11-10-16(24)12-18(17)25)28-21-5-3-2-4-19(21)26-23(28)27-20/h2-13,22H,1H3,(H,26,27)/t22-/m0/s1. The van der Waals surface area contributed by atoms with Gasteiger partial charge in [-0.25, -0.2) is 4.98 Å². The summed E-state index contributed by atoms with van der Waals surface area (Å²) < 4.78 is 2.18. The zero-order chi connectivity index (χ0) is 19.3. The molecule has 0 unspecified atom stereocenters. The Labute approximate surface area is 173 Å². The molecule has 0 aliphatic carbocycles. The molecule has 1 aliphatic heterocycles. The number of aryl methyl sites for hydroxylation is 1. The van der Waals surface area contributed by atoms with Crippen LogP contribution in [0.5, 0.6) is 0 Å². The van der Waals surface area contributed by atoms with Crippen LogP contribution in [0.25, 0.3) is 16.7 Å². The molecule has 0 bridgehead atoms. The van der Waals surface area contributed by atoms with E-state index in [0.29, 0.717) is 10.0 Å². The first kappa shape index (κ1) is 17.4. The Balaban J connectivity index is 1.74. The highest BCUT2D eigenvalue weighted by Gasteiger charge is 2.26. The number of para-hydroxylation sites is 2. The molecule has 1 N–H and O–H groups in total. The van der Waals surface area contributed by atoms with Crippen molar-refractivity contribution in [2.75, 3.05) is 5.32 Å². The van der Waals surface area contributed by atoms with Crippen molar-refractivity contribution in [3.05, 3.63) is 99.5 Å². The Morgan fingerprint density at radius 1 is 0.964 bits per heavy atom. The van der Waals surface area contributed by atoms with Crippen LogP contribution < -0.4 is 5.32 Å². The van der Waals surface area contributed by atoms with Crippen molar-refractivity contribution < 1.29 is 0 Å². The molecule has 138 valence electrons. The zero-order valence-electron chi connectivity index (χ0n) is 15.2. The van der Waals surface area contributed by atoms with Gasteiger partial charge in [-0.15, -0.1) is 0 Å². The summed E-state index contributed by atoms with van der Waals surface area (Å²) >= 11 is 12.7. The number of imidazole rings is 1. The smallest absolute Gasteiger partial charge is 0.209 e. The SMILES string of the molecule is Cc1ccc(C2=C[C@@H](c3ccc(Cl)cc3Cl)n3c(nc4ccccc43)N2)cc1. The van der Waals surface area contributed by atoms with E-state index in [1.165, 1.54) is 5.56 Å². The molecule has 5 rings (SSSR count). The van der Waals surface area contributed by atoms with Crippen molar-refractivity contribution in [3.63, 3.8) is 0 Å². The quantitative estimate of drug-likeness (QED) is 0.401. The van der Waals surface area contributed by atoms with E-state index in [-0.39, 0.29) is 6.04 Å². The first-order valence-electron chi connectivity index (χ1n) is 9.08. The molecule has 0 radical (unpaired) electrons. The van der Waals surface area contributed by atoms with Gasteiger partial charge in [0.1, 0.15) is 0 Å². The number of nitrogens with zero attached hydrogens (tertiary/aromatic N) is 2. The first-order valence-corrected chi connectivity index (χ1v) is 9.83. The molecule has 1 aliphatic rings. The van der Waals surface area contributed by atoms with Crippen molar-refractivity contribution in [1.29, 1.82) is 0 Å². The van der Waals surface area contributed by atoms with E-state index in [1.807, 2.05) is 30.3 Å². The lowest BCUT2D eigenvalue weighted by Crippen LogP contribution is -2.19. The van der Waals surface area contributed by atoms with Gasteiger partial charge in [0.05, 0.1) is 17.1 Å². The fourth-order valence-corrected chi connectivity index (χ4v) is 4.20. The largest absolute Gasteiger partial charge is 0.325 e. The predicted molar refractivity (Wildman–Crippen MR) is 117 cm³/mol. The summed E-state index contributed by atoms with van der Waals surface area (Å²) in [5, 5.41) is 4.76. The van der Waals surface area contributed by atoms with Gasteiger partial charge in [-0.1, -0.05) is 71.2 Å². The van der Waals surface area contributed by atoms with Crippen LogP contribution in [-0.4, -0.2) is 9.55 Å². The van der Waals surface area contributed by atoms with Gasteiger partial charge in [0, 0.05) is 15.7 Å². The molecular formula is C23H17Cl2N3. The second-order valence-electron chi connectivity index (χ2n) is 6.98. The maximum Gasteiger partial charge on any atom is 0.209 e. The van der Waals surface area contributed by atoms with E-state index in [2.05, 4.69) is 53.2 Å². The first-order chi connectivity index (χ1) is 13.6. The number of hydrogen-bond acceptors (Lipinski definition) is 2. The minimum atomic E-state index is -0.0929. The van der Waals surface area contributed by atoms with Gasteiger partial charge in [0.2, 0.25) is 5.95 Å². The Bertz CT molecular complexity index is 1220.